The molecule has 3 rings (SSSR count). The second kappa shape index (κ2) is 8.31. The number of methoxy groups -OCH3 is 1. The molecule has 5 nitrogen and oxygen atoms in total. The molecule has 3 aromatic rings. The average Bonchev–Trinajstić information content (AvgIpc) is 2.65. The summed E-state index contributed by atoms with van der Waals surface area (Å²) in [6, 6.07) is 15.5. The summed E-state index contributed by atoms with van der Waals surface area (Å²) in [5, 5.41) is 5.91. The van der Waals surface area contributed by atoms with Gasteiger partial charge in [-0.05, 0) is 48.4 Å². The lowest BCUT2D eigenvalue weighted by atomic mass is 10.1. The van der Waals surface area contributed by atoms with Crippen molar-refractivity contribution in [1.29, 1.82) is 0 Å². The summed E-state index contributed by atoms with van der Waals surface area (Å²) in [4.78, 5) is 16.4. The van der Waals surface area contributed by atoms with Gasteiger partial charge < -0.3 is 15.4 Å². The van der Waals surface area contributed by atoms with Gasteiger partial charge in [-0.3, -0.25) is 4.79 Å². The van der Waals surface area contributed by atoms with Crippen LogP contribution in [0, 0.1) is 12.7 Å². The first-order valence-electron chi connectivity index (χ1n) is 8.46. The lowest BCUT2D eigenvalue weighted by Crippen LogP contribution is -2.15. The van der Waals surface area contributed by atoms with Gasteiger partial charge in [0.15, 0.2) is 0 Å². The van der Waals surface area contributed by atoms with Crippen LogP contribution >= 0.6 is 0 Å². The maximum atomic E-state index is 13.6. The number of carbonyl (C=O) groups is 1. The maximum Gasteiger partial charge on any atom is 0.228 e. The predicted molar refractivity (Wildman–Crippen MR) is 104 cm³/mol. The van der Waals surface area contributed by atoms with Crippen LogP contribution in [0.3, 0.4) is 0 Å². The van der Waals surface area contributed by atoms with E-state index in [0.717, 1.165) is 11.3 Å². The van der Waals surface area contributed by atoms with E-state index in [1.165, 1.54) is 6.07 Å². The third kappa shape index (κ3) is 4.82. The highest BCUT2D eigenvalue weighted by molar-refractivity contribution is 5.92. The molecule has 1 amide bonds. The van der Waals surface area contributed by atoms with E-state index in [-0.39, 0.29) is 12.3 Å². The first-order valence-corrected chi connectivity index (χ1v) is 8.46. The van der Waals surface area contributed by atoms with Gasteiger partial charge in [0.1, 0.15) is 17.4 Å². The smallest absolute Gasteiger partial charge is 0.228 e. The number of nitrogens with one attached hydrogen (secondary N) is 2. The number of anilines is 3. The van der Waals surface area contributed by atoms with E-state index in [1.807, 2.05) is 25.1 Å². The second-order valence-electron chi connectivity index (χ2n) is 6.08. The maximum absolute atomic E-state index is 13.6. The molecule has 0 aliphatic heterocycles. The number of halogens is 1. The normalized spacial score (nSPS) is 10.3. The van der Waals surface area contributed by atoms with Crippen molar-refractivity contribution >= 4 is 23.1 Å². The zero-order valence-corrected chi connectivity index (χ0v) is 15.1. The van der Waals surface area contributed by atoms with Crippen LogP contribution in [0.4, 0.5) is 21.6 Å². The lowest BCUT2D eigenvalue weighted by molar-refractivity contribution is -0.115. The number of nitrogens with zero attached hydrogens (tertiary/aromatic N) is 1. The van der Waals surface area contributed by atoms with E-state index in [9.17, 15) is 9.18 Å². The Morgan fingerprint density at radius 2 is 1.96 bits per heavy atom. The first kappa shape index (κ1) is 18.4. The molecule has 0 saturated heterocycles. The van der Waals surface area contributed by atoms with Crippen molar-refractivity contribution in [1.82, 2.24) is 4.98 Å². The molecular formula is C21H20FN3O2. The molecule has 27 heavy (non-hydrogen) atoms. The topological polar surface area (TPSA) is 63.2 Å². The molecule has 0 fully saturated rings. The predicted octanol–water partition coefficient (Wildman–Crippen LogP) is 4.46. The van der Waals surface area contributed by atoms with Crippen LogP contribution < -0.4 is 15.4 Å². The van der Waals surface area contributed by atoms with Crippen LogP contribution in [0.15, 0.2) is 60.8 Å². The van der Waals surface area contributed by atoms with Crippen molar-refractivity contribution in [2.24, 2.45) is 0 Å². The van der Waals surface area contributed by atoms with Crippen LogP contribution in [0.1, 0.15) is 11.1 Å². The van der Waals surface area contributed by atoms with Crippen molar-refractivity contribution in [2.75, 3.05) is 17.7 Å². The van der Waals surface area contributed by atoms with E-state index in [1.54, 1.807) is 43.6 Å². The van der Waals surface area contributed by atoms with Crippen LogP contribution in [-0.4, -0.2) is 18.0 Å². The van der Waals surface area contributed by atoms with Gasteiger partial charge in [0, 0.05) is 0 Å². The second-order valence-corrected chi connectivity index (χ2v) is 6.08. The zero-order valence-electron chi connectivity index (χ0n) is 15.1. The number of pyridine rings is 1. The molecular weight excluding hydrogens is 345 g/mol. The Bertz CT molecular complexity index is 942. The highest BCUT2D eigenvalue weighted by Gasteiger charge is 2.09. The van der Waals surface area contributed by atoms with Crippen molar-refractivity contribution in [3.8, 4) is 5.75 Å². The van der Waals surface area contributed by atoms with Crippen molar-refractivity contribution in [3.63, 3.8) is 0 Å². The van der Waals surface area contributed by atoms with E-state index < -0.39 is 5.82 Å². The summed E-state index contributed by atoms with van der Waals surface area (Å²) in [5.41, 5.74) is 2.79. The lowest BCUT2D eigenvalue weighted by Gasteiger charge is -2.12. The number of amides is 1. The van der Waals surface area contributed by atoms with E-state index in [0.29, 0.717) is 22.8 Å². The molecule has 0 radical (unpaired) electrons. The number of aryl methyl sites for hydroxylation is 1. The number of hydrogen-bond acceptors (Lipinski definition) is 4. The van der Waals surface area contributed by atoms with Gasteiger partial charge in [-0.2, -0.15) is 0 Å². The fourth-order valence-electron chi connectivity index (χ4n) is 2.62. The van der Waals surface area contributed by atoms with Gasteiger partial charge in [0.25, 0.3) is 0 Å². The number of aromatic nitrogens is 1. The molecule has 0 spiro atoms. The molecule has 1 heterocycles. The van der Waals surface area contributed by atoms with Gasteiger partial charge in [0.2, 0.25) is 5.91 Å². The Hall–Kier alpha value is -3.41. The summed E-state index contributed by atoms with van der Waals surface area (Å²) in [6.45, 7) is 1.99. The van der Waals surface area contributed by atoms with Crippen molar-refractivity contribution in [2.45, 2.75) is 13.3 Å². The first-order chi connectivity index (χ1) is 13.0. The standard InChI is InChI=1S/C21H20FN3O2/c1-14-7-9-19(27-2)18(11-14)25-20-10-8-16(13-23-20)24-21(26)12-15-5-3-4-6-17(15)22/h3-11,13H,12H2,1-2H3,(H,23,25)(H,24,26). The molecule has 0 saturated carbocycles. The fraction of sp³-hybridized carbons (Fsp3) is 0.143. The molecule has 0 aliphatic rings. The average molecular weight is 365 g/mol. The summed E-state index contributed by atoms with van der Waals surface area (Å²) < 4.78 is 19.0. The highest BCUT2D eigenvalue weighted by Crippen LogP contribution is 2.28. The Kier molecular flexibility index (Phi) is 5.66. The Labute approximate surface area is 157 Å². The molecule has 0 aliphatic carbocycles. The van der Waals surface area contributed by atoms with Crippen LogP contribution in [0.5, 0.6) is 5.75 Å². The SMILES string of the molecule is COc1ccc(C)cc1Nc1ccc(NC(=O)Cc2ccccc2F)cn1. The fourth-order valence-corrected chi connectivity index (χ4v) is 2.62. The zero-order chi connectivity index (χ0) is 19.2. The van der Waals surface area contributed by atoms with Crippen LogP contribution in [0.25, 0.3) is 0 Å². The monoisotopic (exact) mass is 365 g/mol. The quantitative estimate of drug-likeness (QED) is 0.677. The Morgan fingerprint density at radius 3 is 2.67 bits per heavy atom. The van der Waals surface area contributed by atoms with Crippen LogP contribution in [0.2, 0.25) is 0 Å². The molecule has 0 atom stereocenters. The van der Waals surface area contributed by atoms with E-state index in [2.05, 4.69) is 15.6 Å². The summed E-state index contributed by atoms with van der Waals surface area (Å²) in [6.07, 6.45) is 1.51. The highest BCUT2D eigenvalue weighted by atomic mass is 19.1. The number of rotatable bonds is 6. The largest absolute Gasteiger partial charge is 0.495 e. The van der Waals surface area contributed by atoms with Gasteiger partial charge in [-0.1, -0.05) is 24.3 Å². The Morgan fingerprint density at radius 1 is 1.15 bits per heavy atom. The summed E-state index contributed by atoms with van der Waals surface area (Å²) in [7, 11) is 1.61. The van der Waals surface area contributed by atoms with Crippen LogP contribution in [-0.2, 0) is 11.2 Å². The minimum Gasteiger partial charge on any atom is -0.495 e. The summed E-state index contributed by atoms with van der Waals surface area (Å²) in [5.74, 6) is 0.635. The van der Waals surface area contributed by atoms with Crippen molar-refractivity contribution < 1.29 is 13.9 Å². The number of ether oxygens (including phenoxy) is 1. The molecule has 0 unspecified atom stereocenters. The number of benzene rings is 2. The molecule has 6 heteroatoms. The minimum absolute atomic E-state index is 0.0346. The van der Waals surface area contributed by atoms with Gasteiger partial charge in [-0.25, -0.2) is 9.37 Å². The Balaban J connectivity index is 1.64. The third-order valence-corrected chi connectivity index (χ3v) is 3.97. The van der Waals surface area contributed by atoms with Gasteiger partial charge in [0.05, 0.1) is 31.1 Å². The minimum atomic E-state index is -0.391. The number of hydrogen-bond donors (Lipinski definition) is 2. The van der Waals surface area contributed by atoms with Gasteiger partial charge >= 0.3 is 0 Å². The van der Waals surface area contributed by atoms with E-state index >= 15 is 0 Å². The van der Waals surface area contributed by atoms with Gasteiger partial charge in [-0.15, -0.1) is 0 Å². The molecule has 138 valence electrons. The third-order valence-electron chi connectivity index (χ3n) is 3.97. The molecule has 0 bridgehead atoms. The molecule has 2 aromatic carbocycles. The number of carbonyl (C=O) groups excluding carboxylic acids is 1. The van der Waals surface area contributed by atoms with Crippen molar-refractivity contribution in [3.05, 3.63) is 77.7 Å². The molecule has 2 N–H and O–H groups in total. The summed E-state index contributed by atoms with van der Waals surface area (Å²) >= 11 is 0. The molecule has 1 aromatic heterocycles. The van der Waals surface area contributed by atoms with E-state index in [4.69, 9.17) is 4.74 Å².